The van der Waals surface area contributed by atoms with Gasteiger partial charge in [0.2, 0.25) is 21.8 Å². The molecule has 1 aromatic heterocycles. The summed E-state index contributed by atoms with van der Waals surface area (Å²) in [6, 6.07) is 14.4. The fourth-order valence-corrected chi connectivity index (χ4v) is 5.11. The molecule has 2 aromatic carbocycles. The van der Waals surface area contributed by atoms with Gasteiger partial charge in [-0.25, -0.2) is 8.42 Å². The largest absolute Gasteiger partial charge is 0.486 e. The van der Waals surface area contributed by atoms with E-state index >= 15 is 0 Å². The third kappa shape index (κ3) is 4.14. The summed E-state index contributed by atoms with van der Waals surface area (Å²) < 4.78 is 44.4. The molecule has 0 saturated carbocycles. The zero-order chi connectivity index (χ0) is 21.3. The Morgan fingerprint density at radius 1 is 0.871 bits per heavy atom. The fraction of sp³-hybridized carbons (Fsp3) is 0.333. The van der Waals surface area contributed by atoms with E-state index in [9.17, 15) is 8.42 Å². The highest BCUT2D eigenvalue weighted by atomic mass is 32.2. The molecular formula is C21H22N4O5S. The van der Waals surface area contributed by atoms with Crippen LogP contribution >= 0.6 is 0 Å². The fourth-order valence-electron chi connectivity index (χ4n) is 3.67. The van der Waals surface area contributed by atoms with Crippen LogP contribution in [0.4, 0.5) is 0 Å². The minimum absolute atomic E-state index is 0.217. The van der Waals surface area contributed by atoms with Gasteiger partial charge in [-0.1, -0.05) is 18.2 Å². The Balaban J connectivity index is 1.22. The average Bonchev–Trinajstić information content (AvgIpc) is 3.28. The van der Waals surface area contributed by atoms with Gasteiger partial charge in [-0.3, -0.25) is 4.90 Å². The van der Waals surface area contributed by atoms with Crippen molar-refractivity contribution in [2.45, 2.75) is 11.4 Å². The zero-order valence-electron chi connectivity index (χ0n) is 16.8. The smallest absolute Gasteiger partial charge is 0.247 e. The minimum Gasteiger partial charge on any atom is -0.486 e. The molecular weight excluding hydrogens is 420 g/mol. The molecule has 3 heterocycles. The number of hydrogen-bond acceptors (Lipinski definition) is 8. The number of fused-ring (bicyclic) bond motifs is 1. The molecule has 2 aliphatic rings. The summed E-state index contributed by atoms with van der Waals surface area (Å²) in [4.78, 5) is 2.33. The quantitative estimate of drug-likeness (QED) is 0.592. The molecule has 10 heteroatoms. The lowest BCUT2D eigenvalue weighted by molar-refractivity contribution is 0.167. The number of sulfonamides is 1. The van der Waals surface area contributed by atoms with Crippen LogP contribution in [0.5, 0.6) is 11.5 Å². The Labute approximate surface area is 180 Å². The first kappa shape index (κ1) is 20.0. The third-order valence-electron chi connectivity index (χ3n) is 5.33. The first-order valence-electron chi connectivity index (χ1n) is 10.1. The second-order valence-electron chi connectivity index (χ2n) is 7.35. The van der Waals surface area contributed by atoms with Crippen LogP contribution in [-0.2, 0) is 16.6 Å². The molecule has 0 radical (unpaired) electrons. The highest BCUT2D eigenvalue weighted by Crippen LogP contribution is 2.33. The lowest BCUT2D eigenvalue weighted by Gasteiger charge is -2.33. The van der Waals surface area contributed by atoms with Crippen LogP contribution in [0.2, 0.25) is 0 Å². The van der Waals surface area contributed by atoms with Crippen LogP contribution in [0.25, 0.3) is 11.5 Å². The maximum atomic E-state index is 13.1. The number of aromatic nitrogens is 2. The minimum atomic E-state index is -3.60. The molecule has 162 valence electrons. The number of hydrogen-bond donors (Lipinski definition) is 0. The summed E-state index contributed by atoms with van der Waals surface area (Å²) >= 11 is 0. The van der Waals surface area contributed by atoms with E-state index in [0.29, 0.717) is 69.2 Å². The molecule has 2 aliphatic heterocycles. The molecule has 0 aliphatic carbocycles. The summed E-state index contributed by atoms with van der Waals surface area (Å²) in [5.41, 5.74) is 0.872. The number of piperazine rings is 1. The molecule has 0 amide bonds. The Bertz CT molecular complexity index is 1160. The van der Waals surface area contributed by atoms with E-state index in [1.54, 1.807) is 18.2 Å². The molecule has 0 atom stereocenters. The summed E-state index contributed by atoms with van der Waals surface area (Å²) in [7, 11) is -3.60. The van der Waals surface area contributed by atoms with Gasteiger partial charge in [-0.2, -0.15) is 4.31 Å². The monoisotopic (exact) mass is 442 g/mol. The van der Waals surface area contributed by atoms with Gasteiger partial charge in [0.1, 0.15) is 13.2 Å². The van der Waals surface area contributed by atoms with Gasteiger partial charge in [0, 0.05) is 37.8 Å². The summed E-state index contributed by atoms with van der Waals surface area (Å²) in [6.07, 6.45) is 0. The van der Waals surface area contributed by atoms with Crippen LogP contribution in [0.1, 0.15) is 5.89 Å². The second kappa shape index (κ2) is 8.29. The molecule has 9 nitrogen and oxygen atoms in total. The molecule has 1 fully saturated rings. The van der Waals surface area contributed by atoms with Gasteiger partial charge in [0.25, 0.3) is 0 Å². The summed E-state index contributed by atoms with van der Waals surface area (Å²) in [5, 5.41) is 8.24. The van der Waals surface area contributed by atoms with Gasteiger partial charge in [0.05, 0.1) is 11.4 Å². The van der Waals surface area contributed by atoms with Crippen molar-refractivity contribution in [2.24, 2.45) is 0 Å². The molecule has 5 rings (SSSR count). The van der Waals surface area contributed by atoms with Crippen LogP contribution < -0.4 is 9.47 Å². The van der Waals surface area contributed by atoms with Gasteiger partial charge in [-0.05, 0) is 24.3 Å². The molecule has 0 unspecified atom stereocenters. The van der Waals surface area contributed by atoms with E-state index in [4.69, 9.17) is 13.9 Å². The molecule has 0 spiro atoms. The maximum Gasteiger partial charge on any atom is 0.247 e. The normalized spacial score (nSPS) is 17.5. The molecule has 1 saturated heterocycles. The van der Waals surface area contributed by atoms with Crippen molar-refractivity contribution in [3.05, 3.63) is 54.4 Å². The van der Waals surface area contributed by atoms with Gasteiger partial charge >= 0.3 is 0 Å². The Kier molecular flexibility index (Phi) is 5.34. The SMILES string of the molecule is O=S(=O)(c1ccc2c(c1)OCCO2)N1CCN(Cc2nnc(-c3ccccc3)o2)CC1. The maximum absolute atomic E-state index is 13.1. The molecule has 31 heavy (non-hydrogen) atoms. The van der Waals surface area contributed by atoms with E-state index in [2.05, 4.69) is 15.1 Å². The van der Waals surface area contributed by atoms with Crippen LogP contribution in [-0.4, -0.2) is 67.2 Å². The number of rotatable bonds is 5. The van der Waals surface area contributed by atoms with Crippen molar-refractivity contribution in [1.29, 1.82) is 0 Å². The number of benzene rings is 2. The van der Waals surface area contributed by atoms with E-state index in [1.807, 2.05) is 30.3 Å². The van der Waals surface area contributed by atoms with Crippen molar-refractivity contribution in [3.63, 3.8) is 0 Å². The lowest BCUT2D eigenvalue weighted by atomic mass is 10.2. The zero-order valence-corrected chi connectivity index (χ0v) is 17.6. The van der Waals surface area contributed by atoms with E-state index < -0.39 is 10.0 Å². The third-order valence-corrected chi connectivity index (χ3v) is 7.22. The molecule has 0 N–H and O–H groups in total. The number of nitrogens with zero attached hydrogens (tertiary/aromatic N) is 4. The van der Waals surface area contributed by atoms with Gasteiger partial charge < -0.3 is 13.9 Å². The van der Waals surface area contributed by atoms with Crippen LogP contribution in [0.15, 0.2) is 57.8 Å². The lowest BCUT2D eigenvalue weighted by Crippen LogP contribution is -2.48. The highest BCUT2D eigenvalue weighted by Gasteiger charge is 2.30. The van der Waals surface area contributed by atoms with Gasteiger partial charge in [-0.15, -0.1) is 10.2 Å². The van der Waals surface area contributed by atoms with Crippen molar-refractivity contribution in [2.75, 3.05) is 39.4 Å². The van der Waals surface area contributed by atoms with Gasteiger partial charge in [0.15, 0.2) is 11.5 Å². The van der Waals surface area contributed by atoms with Crippen LogP contribution in [0, 0.1) is 0 Å². The van der Waals surface area contributed by atoms with Crippen LogP contribution in [0.3, 0.4) is 0 Å². The van der Waals surface area contributed by atoms with Crippen molar-refractivity contribution < 1.29 is 22.3 Å². The van der Waals surface area contributed by atoms with E-state index in [0.717, 1.165) is 5.56 Å². The van der Waals surface area contributed by atoms with Crippen molar-refractivity contribution in [1.82, 2.24) is 19.4 Å². The molecule has 0 bridgehead atoms. The molecule has 3 aromatic rings. The highest BCUT2D eigenvalue weighted by molar-refractivity contribution is 7.89. The standard InChI is InChI=1S/C21H22N4O5S/c26-31(27,17-6-7-18-19(14-17)29-13-12-28-18)25-10-8-24(9-11-25)15-20-22-23-21(30-20)16-4-2-1-3-5-16/h1-7,14H,8-13,15H2. The first-order chi connectivity index (χ1) is 15.1. The number of ether oxygens (including phenoxy) is 2. The predicted molar refractivity (Wildman–Crippen MR) is 111 cm³/mol. The van der Waals surface area contributed by atoms with Crippen molar-refractivity contribution >= 4 is 10.0 Å². The summed E-state index contributed by atoms with van der Waals surface area (Å²) in [6.45, 7) is 3.29. The van der Waals surface area contributed by atoms with E-state index in [1.165, 1.54) is 4.31 Å². The predicted octanol–water partition coefficient (Wildman–Crippen LogP) is 2.01. The Hall–Kier alpha value is -2.95. The Morgan fingerprint density at radius 2 is 1.61 bits per heavy atom. The average molecular weight is 442 g/mol. The van der Waals surface area contributed by atoms with E-state index in [-0.39, 0.29) is 4.90 Å². The van der Waals surface area contributed by atoms with Crippen molar-refractivity contribution in [3.8, 4) is 23.0 Å². The second-order valence-corrected chi connectivity index (χ2v) is 9.29. The Morgan fingerprint density at radius 3 is 2.39 bits per heavy atom. The topological polar surface area (TPSA) is 98.0 Å². The summed E-state index contributed by atoms with van der Waals surface area (Å²) in [5.74, 6) is 2.04. The first-order valence-corrected chi connectivity index (χ1v) is 11.5.